The van der Waals surface area contributed by atoms with Crippen molar-refractivity contribution in [1.82, 2.24) is 0 Å². The van der Waals surface area contributed by atoms with Gasteiger partial charge >= 0.3 is 5.97 Å². The van der Waals surface area contributed by atoms with E-state index in [1.54, 1.807) is 0 Å². The lowest BCUT2D eigenvalue weighted by Crippen LogP contribution is -2.22. The standard InChI is InChI=1S/C13H17ClO2/c1-8-5-9(2)12(14)10(6-8)13(3,4)7-11(15)16/h5-6H,7H2,1-4H3,(H,15,16). The fraction of sp³-hybridized carbons (Fsp3) is 0.462. The van der Waals surface area contributed by atoms with Crippen LogP contribution in [0.3, 0.4) is 0 Å². The van der Waals surface area contributed by atoms with Gasteiger partial charge in [-0.2, -0.15) is 0 Å². The summed E-state index contributed by atoms with van der Waals surface area (Å²) in [4.78, 5) is 10.8. The number of hydrogen-bond donors (Lipinski definition) is 1. The molecule has 0 saturated carbocycles. The molecule has 0 aromatic heterocycles. The van der Waals surface area contributed by atoms with Gasteiger partial charge in [0.2, 0.25) is 0 Å². The van der Waals surface area contributed by atoms with Gasteiger partial charge in [0, 0.05) is 10.4 Å². The first-order chi connectivity index (χ1) is 7.24. The molecule has 88 valence electrons. The molecule has 0 aliphatic carbocycles. The molecule has 0 bridgehead atoms. The van der Waals surface area contributed by atoms with Crippen LogP contribution >= 0.6 is 11.6 Å². The van der Waals surface area contributed by atoms with Crippen molar-refractivity contribution >= 4 is 17.6 Å². The van der Waals surface area contributed by atoms with Gasteiger partial charge in [-0.25, -0.2) is 0 Å². The summed E-state index contributed by atoms with van der Waals surface area (Å²) in [5.41, 5.74) is 2.57. The summed E-state index contributed by atoms with van der Waals surface area (Å²) < 4.78 is 0. The molecule has 3 heteroatoms. The fourth-order valence-corrected chi connectivity index (χ4v) is 2.28. The Bertz CT molecular complexity index is 422. The van der Waals surface area contributed by atoms with E-state index in [2.05, 4.69) is 0 Å². The molecule has 0 radical (unpaired) electrons. The fourth-order valence-electron chi connectivity index (χ4n) is 1.92. The summed E-state index contributed by atoms with van der Waals surface area (Å²) in [7, 11) is 0. The van der Waals surface area contributed by atoms with E-state index in [9.17, 15) is 4.79 Å². The molecule has 16 heavy (non-hydrogen) atoms. The summed E-state index contributed by atoms with van der Waals surface area (Å²) >= 11 is 6.24. The predicted molar refractivity (Wildman–Crippen MR) is 66.2 cm³/mol. The molecular formula is C13H17ClO2. The average molecular weight is 241 g/mol. The molecule has 0 heterocycles. The Morgan fingerprint density at radius 3 is 2.44 bits per heavy atom. The Kier molecular flexibility index (Phi) is 3.64. The molecule has 1 rings (SSSR count). The van der Waals surface area contributed by atoms with Crippen molar-refractivity contribution in [2.45, 2.75) is 39.5 Å². The van der Waals surface area contributed by atoms with Crippen LogP contribution in [0.1, 0.15) is 37.0 Å². The van der Waals surface area contributed by atoms with Crippen LogP contribution in [0.25, 0.3) is 0 Å². The Balaban J connectivity index is 3.26. The smallest absolute Gasteiger partial charge is 0.304 e. The minimum atomic E-state index is -0.805. The highest BCUT2D eigenvalue weighted by atomic mass is 35.5. The molecule has 0 spiro atoms. The zero-order valence-electron chi connectivity index (χ0n) is 10.1. The minimum Gasteiger partial charge on any atom is -0.481 e. The van der Waals surface area contributed by atoms with Crippen molar-refractivity contribution in [2.24, 2.45) is 0 Å². The van der Waals surface area contributed by atoms with Gasteiger partial charge in [0.25, 0.3) is 0 Å². The molecule has 0 fully saturated rings. The van der Waals surface area contributed by atoms with Crippen LogP contribution in [0.15, 0.2) is 12.1 Å². The van der Waals surface area contributed by atoms with Crippen molar-refractivity contribution in [1.29, 1.82) is 0 Å². The third kappa shape index (κ3) is 2.76. The number of carbonyl (C=O) groups is 1. The summed E-state index contributed by atoms with van der Waals surface area (Å²) in [6, 6.07) is 3.97. The number of aliphatic carboxylic acids is 1. The van der Waals surface area contributed by atoms with Crippen molar-refractivity contribution in [3.63, 3.8) is 0 Å². The third-order valence-corrected chi connectivity index (χ3v) is 3.22. The topological polar surface area (TPSA) is 37.3 Å². The molecule has 0 atom stereocenters. The Labute approximate surface area is 101 Å². The Hall–Kier alpha value is -1.02. The second kappa shape index (κ2) is 4.46. The molecule has 0 aliphatic rings. The molecule has 0 saturated heterocycles. The normalized spacial score (nSPS) is 11.6. The van der Waals surface area contributed by atoms with E-state index in [0.29, 0.717) is 5.02 Å². The van der Waals surface area contributed by atoms with Gasteiger partial charge in [-0.1, -0.05) is 43.1 Å². The van der Waals surface area contributed by atoms with Crippen molar-refractivity contribution < 1.29 is 9.90 Å². The number of halogens is 1. The van der Waals surface area contributed by atoms with Gasteiger partial charge in [0.1, 0.15) is 0 Å². The monoisotopic (exact) mass is 240 g/mol. The summed E-state index contributed by atoms with van der Waals surface area (Å²) in [6.45, 7) is 7.74. The van der Waals surface area contributed by atoms with Crippen LogP contribution in [0.2, 0.25) is 5.02 Å². The van der Waals surface area contributed by atoms with E-state index in [0.717, 1.165) is 16.7 Å². The highest BCUT2D eigenvalue weighted by Crippen LogP contribution is 2.35. The lowest BCUT2D eigenvalue weighted by Gasteiger charge is -2.25. The van der Waals surface area contributed by atoms with Gasteiger partial charge < -0.3 is 5.11 Å². The maximum atomic E-state index is 10.8. The first kappa shape index (κ1) is 13.0. The lowest BCUT2D eigenvalue weighted by atomic mass is 9.80. The number of carboxylic acids is 1. The SMILES string of the molecule is Cc1cc(C)c(Cl)c(C(C)(C)CC(=O)O)c1. The summed E-state index contributed by atoms with van der Waals surface area (Å²) in [6.07, 6.45) is 0.0790. The quantitative estimate of drug-likeness (QED) is 0.875. The number of rotatable bonds is 3. The maximum absolute atomic E-state index is 10.8. The number of aryl methyl sites for hydroxylation is 2. The van der Waals surface area contributed by atoms with Crippen LogP contribution in [-0.2, 0) is 10.2 Å². The maximum Gasteiger partial charge on any atom is 0.304 e. The van der Waals surface area contributed by atoms with Crippen molar-refractivity contribution in [2.75, 3.05) is 0 Å². The molecule has 0 amide bonds. The van der Waals surface area contributed by atoms with Crippen LogP contribution < -0.4 is 0 Å². The van der Waals surface area contributed by atoms with E-state index in [4.69, 9.17) is 16.7 Å². The zero-order valence-corrected chi connectivity index (χ0v) is 10.9. The molecule has 2 nitrogen and oxygen atoms in total. The first-order valence-corrected chi connectivity index (χ1v) is 5.61. The van der Waals surface area contributed by atoms with Crippen LogP contribution in [0.5, 0.6) is 0 Å². The third-order valence-electron chi connectivity index (χ3n) is 2.72. The predicted octanol–water partition coefficient (Wildman–Crippen LogP) is 3.71. The molecule has 1 aromatic rings. The number of benzene rings is 1. The van der Waals surface area contributed by atoms with Gasteiger partial charge in [0.15, 0.2) is 0 Å². The first-order valence-electron chi connectivity index (χ1n) is 5.23. The Morgan fingerprint density at radius 1 is 1.38 bits per heavy atom. The van der Waals surface area contributed by atoms with Crippen molar-refractivity contribution in [3.05, 3.63) is 33.8 Å². The van der Waals surface area contributed by atoms with Gasteiger partial charge in [0.05, 0.1) is 6.42 Å². The second-order valence-electron chi connectivity index (χ2n) is 4.90. The molecule has 1 N–H and O–H groups in total. The highest BCUT2D eigenvalue weighted by Gasteiger charge is 2.27. The van der Waals surface area contributed by atoms with Crippen LogP contribution in [0, 0.1) is 13.8 Å². The van der Waals surface area contributed by atoms with E-state index >= 15 is 0 Å². The number of hydrogen-bond acceptors (Lipinski definition) is 1. The zero-order chi connectivity index (χ0) is 12.5. The van der Waals surface area contributed by atoms with Crippen LogP contribution in [-0.4, -0.2) is 11.1 Å². The van der Waals surface area contributed by atoms with Crippen LogP contribution in [0.4, 0.5) is 0 Å². The second-order valence-corrected chi connectivity index (χ2v) is 5.28. The molecular weight excluding hydrogens is 224 g/mol. The minimum absolute atomic E-state index is 0.0790. The van der Waals surface area contributed by atoms with E-state index in [-0.39, 0.29) is 6.42 Å². The lowest BCUT2D eigenvalue weighted by molar-refractivity contribution is -0.138. The summed E-state index contributed by atoms with van der Waals surface area (Å²) in [5, 5.41) is 9.57. The van der Waals surface area contributed by atoms with E-state index in [1.807, 2.05) is 39.8 Å². The van der Waals surface area contributed by atoms with E-state index in [1.165, 1.54) is 0 Å². The number of carboxylic acid groups (broad SMARTS) is 1. The average Bonchev–Trinajstić information content (AvgIpc) is 2.08. The molecule has 0 unspecified atom stereocenters. The van der Waals surface area contributed by atoms with Gasteiger partial charge in [-0.3, -0.25) is 4.79 Å². The van der Waals surface area contributed by atoms with Gasteiger partial charge in [-0.05, 0) is 25.0 Å². The highest BCUT2D eigenvalue weighted by molar-refractivity contribution is 6.32. The molecule has 0 aliphatic heterocycles. The largest absolute Gasteiger partial charge is 0.481 e. The van der Waals surface area contributed by atoms with E-state index < -0.39 is 11.4 Å². The summed E-state index contributed by atoms with van der Waals surface area (Å²) in [5.74, 6) is -0.805. The van der Waals surface area contributed by atoms with Gasteiger partial charge in [-0.15, -0.1) is 0 Å². The van der Waals surface area contributed by atoms with Crippen molar-refractivity contribution in [3.8, 4) is 0 Å². The Morgan fingerprint density at radius 2 is 1.94 bits per heavy atom. The molecule has 1 aromatic carbocycles.